The largest absolute Gasteiger partial charge is 0.493 e. The quantitative estimate of drug-likeness (QED) is 0.725. The van der Waals surface area contributed by atoms with Gasteiger partial charge in [0.15, 0.2) is 11.5 Å². The zero-order valence-electron chi connectivity index (χ0n) is 14.8. The molecule has 1 aliphatic carbocycles. The van der Waals surface area contributed by atoms with Gasteiger partial charge in [0.1, 0.15) is 6.10 Å². The molecule has 4 nitrogen and oxygen atoms in total. The molecule has 0 radical (unpaired) electrons. The number of hydrogen-bond donors (Lipinski definition) is 1. The molecule has 0 bridgehead atoms. The standard InChI is InChI=1S/C22H22N2O2/c1-25-21-9-8-19(24-15-16-5-4-10-23-14-16)13-22(21)26-20-11-17-6-2-3-7-18(17)12-20/h2-10,13-14,20,24H,11-12,15H2,1H3. The van der Waals surface area contributed by atoms with E-state index in [9.17, 15) is 0 Å². The number of hydrogen-bond acceptors (Lipinski definition) is 4. The normalized spacial score (nSPS) is 13.3. The maximum absolute atomic E-state index is 6.30. The summed E-state index contributed by atoms with van der Waals surface area (Å²) in [5.41, 5.74) is 4.89. The van der Waals surface area contributed by atoms with Gasteiger partial charge in [0.25, 0.3) is 0 Å². The summed E-state index contributed by atoms with van der Waals surface area (Å²) >= 11 is 0. The number of nitrogens with one attached hydrogen (secondary N) is 1. The van der Waals surface area contributed by atoms with Gasteiger partial charge in [-0.15, -0.1) is 0 Å². The predicted molar refractivity (Wildman–Crippen MR) is 103 cm³/mol. The summed E-state index contributed by atoms with van der Waals surface area (Å²) in [5, 5.41) is 3.42. The predicted octanol–water partition coefficient (Wildman–Crippen LogP) is 4.25. The van der Waals surface area contributed by atoms with Crippen molar-refractivity contribution in [1.29, 1.82) is 0 Å². The van der Waals surface area contributed by atoms with Crippen LogP contribution in [-0.2, 0) is 19.4 Å². The van der Waals surface area contributed by atoms with Gasteiger partial charge in [0, 0.05) is 43.5 Å². The molecule has 4 heteroatoms. The molecule has 1 heterocycles. The number of pyridine rings is 1. The molecule has 2 aromatic carbocycles. The molecule has 26 heavy (non-hydrogen) atoms. The summed E-state index contributed by atoms with van der Waals surface area (Å²) in [5.74, 6) is 1.54. The third-order valence-electron chi connectivity index (χ3n) is 4.69. The van der Waals surface area contributed by atoms with Gasteiger partial charge >= 0.3 is 0 Å². The molecule has 0 saturated carbocycles. The van der Waals surface area contributed by atoms with E-state index in [4.69, 9.17) is 9.47 Å². The summed E-state index contributed by atoms with van der Waals surface area (Å²) < 4.78 is 11.8. The maximum Gasteiger partial charge on any atom is 0.163 e. The molecule has 0 spiro atoms. The van der Waals surface area contributed by atoms with Crippen molar-refractivity contribution < 1.29 is 9.47 Å². The summed E-state index contributed by atoms with van der Waals surface area (Å²) in [4.78, 5) is 4.15. The number of aromatic nitrogens is 1. The number of ether oxygens (including phenoxy) is 2. The van der Waals surface area contributed by atoms with E-state index >= 15 is 0 Å². The van der Waals surface area contributed by atoms with Crippen LogP contribution in [0.1, 0.15) is 16.7 Å². The number of rotatable bonds is 6. The van der Waals surface area contributed by atoms with E-state index in [0.717, 1.165) is 35.6 Å². The van der Waals surface area contributed by atoms with Gasteiger partial charge in [0.2, 0.25) is 0 Å². The Hall–Kier alpha value is -3.01. The van der Waals surface area contributed by atoms with Crippen LogP contribution >= 0.6 is 0 Å². The fraction of sp³-hybridized carbons (Fsp3) is 0.227. The van der Waals surface area contributed by atoms with E-state index in [0.29, 0.717) is 6.54 Å². The van der Waals surface area contributed by atoms with Crippen LogP contribution in [0.5, 0.6) is 11.5 Å². The van der Waals surface area contributed by atoms with Crippen LogP contribution in [0.15, 0.2) is 67.0 Å². The number of benzene rings is 2. The Morgan fingerprint density at radius 2 is 1.81 bits per heavy atom. The minimum absolute atomic E-state index is 0.148. The van der Waals surface area contributed by atoms with Gasteiger partial charge in [-0.2, -0.15) is 0 Å². The van der Waals surface area contributed by atoms with Crippen molar-refractivity contribution in [2.45, 2.75) is 25.5 Å². The third-order valence-corrected chi connectivity index (χ3v) is 4.69. The molecule has 0 saturated heterocycles. The number of nitrogens with zero attached hydrogens (tertiary/aromatic N) is 1. The summed E-state index contributed by atoms with van der Waals surface area (Å²) in [6.07, 6.45) is 5.67. The highest BCUT2D eigenvalue weighted by molar-refractivity contribution is 5.55. The van der Waals surface area contributed by atoms with Gasteiger partial charge in [-0.25, -0.2) is 0 Å². The van der Waals surface area contributed by atoms with Crippen molar-refractivity contribution in [3.05, 3.63) is 83.7 Å². The van der Waals surface area contributed by atoms with E-state index in [1.165, 1.54) is 11.1 Å². The Bertz CT molecular complexity index is 855. The van der Waals surface area contributed by atoms with Gasteiger partial charge in [-0.1, -0.05) is 30.3 Å². The smallest absolute Gasteiger partial charge is 0.163 e. The molecule has 0 unspecified atom stereocenters. The minimum atomic E-state index is 0.148. The maximum atomic E-state index is 6.30. The molecule has 0 fully saturated rings. The molecule has 132 valence electrons. The lowest BCUT2D eigenvalue weighted by atomic mass is 10.1. The average molecular weight is 346 g/mol. The molecule has 1 aromatic heterocycles. The van der Waals surface area contributed by atoms with E-state index < -0.39 is 0 Å². The van der Waals surface area contributed by atoms with Gasteiger partial charge in [-0.3, -0.25) is 4.98 Å². The van der Waals surface area contributed by atoms with Crippen LogP contribution in [0.2, 0.25) is 0 Å². The molecule has 0 atom stereocenters. The molecule has 3 aromatic rings. The highest BCUT2D eigenvalue weighted by Gasteiger charge is 2.23. The number of methoxy groups -OCH3 is 1. The van der Waals surface area contributed by atoms with Gasteiger partial charge < -0.3 is 14.8 Å². The van der Waals surface area contributed by atoms with Crippen LogP contribution in [0.4, 0.5) is 5.69 Å². The van der Waals surface area contributed by atoms with Crippen LogP contribution in [0.3, 0.4) is 0 Å². The van der Waals surface area contributed by atoms with E-state index in [1.807, 2.05) is 30.5 Å². The molecule has 4 rings (SSSR count). The lowest BCUT2D eigenvalue weighted by Crippen LogP contribution is -2.17. The summed E-state index contributed by atoms with van der Waals surface area (Å²) in [6, 6.07) is 18.5. The number of anilines is 1. The first-order chi connectivity index (χ1) is 12.8. The lowest BCUT2D eigenvalue weighted by Gasteiger charge is -2.17. The van der Waals surface area contributed by atoms with Crippen molar-refractivity contribution in [3.63, 3.8) is 0 Å². The SMILES string of the molecule is COc1ccc(NCc2cccnc2)cc1OC1Cc2ccccc2C1. The minimum Gasteiger partial charge on any atom is -0.493 e. The van der Waals surface area contributed by atoms with Crippen molar-refractivity contribution in [1.82, 2.24) is 4.98 Å². The van der Waals surface area contributed by atoms with E-state index in [1.54, 1.807) is 13.3 Å². The Morgan fingerprint density at radius 3 is 2.50 bits per heavy atom. The average Bonchev–Trinajstić information content (AvgIpc) is 3.09. The van der Waals surface area contributed by atoms with Gasteiger partial charge in [-0.05, 0) is 34.9 Å². The first-order valence-corrected chi connectivity index (χ1v) is 8.86. The fourth-order valence-corrected chi connectivity index (χ4v) is 3.37. The Labute approximate surface area is 153 Å². The fourth-order valence-electron chi connectivity index (χ4n) is 3.37. The zero-order valence-corrected chi connectivity index (χ0v) is 14.8. The van der Waals surface area contributed by atoms with Crippen molar-refractivity contribution in [3.8, 4) is 11.5 Å². The topological polar surface area (TPSA) is 43.4 Å². The summed E-state index contributed by atoms with van der Waals surface area (Å²) in [6.45, 7) is 0.717. The second-order valence-corrected chi connectivity index (χ2v) is 6.50. The molecule has 0 amide bonds. The Balaban J connectivity index is 1.46. The Kier molecular flexibility index (Phi) is 4.73. The first kappa shape index (κ1) is 16.5. The zero-order chi connectivity index (χ0) is 17.8. The number of fused-ring (bicyclic) bond motifs is 1. The molecular weight excluding hydrogens is 324 g/mol. The second kappa shape index (κ2) is 7.48. The van der Waals surface area contributed by atoms with Crippen LogP contribution in [0.25, 0.3) is 0 Å². The molecule has 1 aliphatic rings. The van der Waals surface area contributed by atoms with Crippen molar-refractivity contribution >= 4 is 5.69 Å². The first-order valence-electron chi connectivity index (χ1n) is 8.86. The highest BCUT2D eigenvalue weighted by atomic mass is 16.5. The summed E-state index contributed by atoms with van der Waals surface area (Å²) in [7, 11) is 1.67. The van der Waals surface area contributed by atoms with Crippen molar-refractivity contribution in [2.24, 2.45) is 0 Å². The molecule has 0 aliphatic heterocycles. The third kappa shape index (κ3) is 3.64. The monoisotopic (exact) mass is 346 g/mol. The van der Waals surface area contributed by atoms with E-state index in [2.05, 4.69) is 40.6 Å². The molecular formula is C22H22N2O2. The van der Waals surface area contributed by atoms with Crippen molar-refractivity contribution in [2.75, 3.05) is 12.4 Å². The van der Waals surface area contributed by atoms with Crippen LogP contribution < -0.4 is 14.8 Å². The van der Waals surface area contributed by atoms with Crippen LogP contribution in [0, 0.1) is 0 Å². The van der Waals surface area contributed by atoms with Crippen LogP contribution in [-0.4, -0.2) is 18.2 Å². The molecule has 1 N–H and O–H groups in total. The highest BCUT2D eigenvalue weighted by Crippen LogP contribution is 2.34. The second-order valence-electron chi connectivity index (χ2n) is 6.50. The van der Waals surface area contributed by atoms with E-state index in [-0.39, 0.29) is 6.10 Å². The van der Waals surface area contributed by atoms with Gasteiger partial charge in [0.05, 0.1) is 7.11 Å². The Morgan fingerprint density at radius 1 is 1.00 bits per heavy atom. The lowest BCUT2D eigenvalue weighted by molar-refractivity contribution is 0.204.